The standard InChI is InChI=1S/C18H19ClN2O2/c1-12-5-4-6-13(2)18(12)20-17(23)11-21(14(3)22)16-9-7-15(19)8-10-16/h4-10H,11H2,1-3H3,(H,20,23). The number of benzene rings is 2. The van der Waals surface area contributed by atoms with Crippen molar-refractivity contribution in [3.05, 3.63) is 58.6 Å². The Hall–Kier alpha value is -2.33. The first kappa shape index (κ1) is 17.0. The maximum Gasteiger partial charge on any atom is 0.244 e. The number of nitrogens with one attached hydrogen (secondary N) is 1. The van der Waals surface area contributed by atoms with Crippen LogP contribution in [0.1, 0.15) is 18.1 Å². The third-order valence-corrected chi connectivity index (χ3v) is 3.82. The fourth-order valence-corrected chi connectivity index (χ4v) is 2.47. The summed E-state index contributed by atoms with van der Waals surface area (Å²) in [6, 6.07) is 12.6. The van der Waals surface area contributed by atoms with Crippen molar-refractivity contribution >= 4 is 34.8 Å². The van der Waals surface area contributed by atoms with E-state index < -0.39 is 0 Å². The van der Waals surface area contributed by atoms with Crippen LogP contribution in [-0.4, -0.2) is 18.4 Å². The highest BCUT2D eigenvalue weighted by Gasteiger charge is 2.16. The van der Waals surface area contributed by atoms with E-state index in [4.69, 9.17) is 11.6 Å². The van der Waals surface area contributed by atoms with E-state index in [1.165, 1.54) is 11.8 Å². The molecule has 0 bridgehead atoms. The molecule has 4 nitrogen and oxygen atoms in total. The highest BCUT2D eigenvalue weighted by molar-refractivity contribution is 6.30. The monoisotopic (exact) mass is 330 g/mol. The average molecular weight is 331 g/mol. The highest BCUT2D eigenvalue weighted by Crippen LogP contribution is 2.21. The molecule has 0 atom stereocenters. The van der Waals surface area contributed by atoms with Gasteiger partial charge in [0.25, 0.3) is 0 Å². The van der Waals surface area contributed by atoms with Gasteiger partial charge in [-0.15, -0.1) is 0 Å². The maximum absolute atomic E-state index is 12.3. The van der Waals surface area contributed by atoms with Gasteiger partial charge in [0.15, 0.2) is 0 Å². The predicted octanol–water partition coefficient (Wildman–Crippen LogP) is 3.95. The van der Waals surface area contributed by atoms with E-state index in [9.17, 15) is 9.59 Å². The third-order valence-electron chi connectivity index (χ3n) is 3.57. The summed E-state index contributed by atoms with van der Waals surface area (Å²) in [6.45, 7) is 5.25. The number of halogens is 1. The summed E-state index contributed by atoms with van der Waals surface area (Å²) in [5.74, 6) is -0.448. The van der Waals surface area contributed by atoms with Gasteiger partial charge >= 0.3 is 0 Å². The molecular weight excluding hydrogens is 312 g/mol. The van der Waals surface area contributed by atoms with Crippen LogP contribution < -0.4 is 10.2 Å². The Morgan fingerprint density at radius 3 is 2.13 bits per heavy atom. The van der Waals surface area contributed by atoms with E-state index in [1.807, 2.05) is 32.0 Å². The van der Waals surface area contributed by atoms with Crippen molar-refractivity contribution in [1.82, 2.24) is 0 Å². The van der Waals surface area contributed by atoms with Crippen LogP contribution in [0.5, 0.6) is 0 Å². The molecule has 0 radical (unpaired) electrons. The lowest BCUT2D eigenvalue weighted by molar-refractivity contribution is -0.120. The van der Waals surface area contributed by atoms with Crippen LogP contribution in [0.25, 0.3) is 0 Å². The van der Waals surface area contributed by atoms with Crippen molar-refractivity contribution in [3.8, 4) is 0 Å². The Balaban J connectivity index is 2.16. The normalized spacial score (nSPS) is 10.3. The molecule has 23 heavy (non-hydrogen) atoms. The van der Waals surface area contributed by atoms with Gasteiger partial charge in [0, 0.05) is 23.3 Å². The van der Waals surface area contributed by atoms with E-state index >= 15 is 0 Å². The number of hydrogen-bond acceptors (Lipinski definition) is 2. The lowest BCUT2D eigenvalue weighted by Crippen LogP contribution is -2.36. The predicted molar refractivity (Wildman–Crippen MR) is 94.0 cm³/mol. The van der Waals surface area contributed by atoms with E-state index in [2.05, 4.69) is 5.32 Å². The molecule has 2 aromatic carbocycles. The van der Waals surface area contributed by atoms with Gasteiger partial charge in [-0.25, -0.2) is 0 Å². The molecule has 0 unspecified atom stereocenters. The van der Waals surface area contributed by atoms with Crippen molar-refractivity contribution in [2.24, 2.45) is 0 Å². The Morgan fingerprint density at radius 1 is 1.04 bits per heavy atom. The zero-order valence-corrected chi connectivity index (χ0v) is 14.1. The molecule has 0 spiro atoms. The molecule has 0 aliphatic heterocycles. The number of aryl methyl sites for hydroxylation is 2. The molecule has 0 aromatic heterocycles. The number of hydrogen-bond donors (Lipinski definition) is 1. The summed E-state index contributed by atoms with van der Waals surface area (Å²) in [5.41, 5.74) is 3.40. The molecule has 1 N–H and O–H groups in total. The van der Waals surface area contributed by atoms with Gasteiger partial charge in [-0.1, -0.05) is 29.8 Å². The first-order valence-electron chi connectivity index (χ1n) is 7.28. The average Bonchev–Trinajstić information content (AvgIpc) is 2.49. The van der Waals surface area contributed by atoms with Crippen LogP contribution >= 0.6 is 11.6 Å². The van der Waals surface area contributed by atoms with Crippen LogP contribution in [-0.2, 0) is 9.59 Å². The largest absolute Gasteiger partial charge is 0.324 e. The van der Waals surface area contributed by atoms with Gasteiger partial charge in [0.05, 0.1) is 0 Å². The molecule has 2 aromatic rings. The number of rotatable bonds is 4. The maximum atomic E-state index is 12.3. The Kier molecular flexibility index (Phi) is 5.40. The fraction of sp³-hybridized carbons (Fsp3) is 0.222. The second-order valence-electron chi connectivity index (χ2n) is 5.40. The summed E-state index contributed by atoms with van der Waals surface area (Å²) in [4.78, 5) is 25.6. The lowest BCUT2D eigenvalue weighted by Gasteiger charge is -2.21. The molecule has 0 aliphatic rings. The summed E-state index contributed by atoms with van der Waals surface area (Å²) in [5, 5.41) is 3.47. The lowest BCUT2D eigenvalue weighted by atomic mass is 10.1. The highest BCUT2D eigenvalue weighted by atomic mass is 35.5. The van der Waals surface area contributed by atoms with Crippen LogP contribution in [0.4, 0.5) is 11.4 Å². The summed E-state index contributed by atoms with van der Waals surface area (Å²) >= 11 is 5.86. The molecule has 0 fully saturated rings. The number of carbonyl (C=O) groups excluding carboxylic acids is 2. The Labute approximate surface area is 141 Å². The molecule has 2 amide bonds. The first-order chi connectivity index (χ1) is 10.9. The minimum Gasteiger partial charge on any atom is -0.324 e. The van der Waals surface area contributed by atoms with Gasteiger partial charge in [-0.3, -0.25) is 9.59 Å². The molecule has 0 heterocycles. The molecule has 2 rings (SSSR count). The Morgan fingerprint density at radius 2 is 1.61 bits per heavy atom. The molecule has 120 valence electrons. The van der Waals surface area contributed by atoms with Crippen molar-refractivity contribution in [1.29, 1.82) is 0 Å². The molecular formula is C18H19ClN2O2. The van der Waals surface area contributed by atoms with Crippen LogP contribution in [0, 0.1) is 13.8 Å². The van der Waals surface area contributed by atoms with E-state index in [0.717, 1.165) is 16.8 Å². The molecule has 0 saturated heterocycles. The number of amides is 2. The molecule has 0 saturated carbocycles. The molecule has 0 aliphatic carbocycles. The zero-order valence-electron chi connectivity index (χ0n) is 13.4. The molecule has 5 heteroatoms. The third kappa shape index (κ3) is 4.33. The van der Waals surface area contributed by atoms with Crippen LogP contribution in [0.15, 0.2) is 42.5 Å². The second-order valence-corrected chi connectivity index (χ2v) is 5.83. The van der Waals surface area contributed by atoms with Crippen LogP contribution in [0.3, 0.4) is 0 Å². The van der Waals surface area contributed by atoms with Gasteiger partial charge in [-0.05, 0) is 49.2 Å². The minimum absolute atomic E-state index is 0.0509. The second kappa shape index (κ2) is 7.29. The van der Waals surface area contributed by atoms with Gasteiger partial charge in [0.2, 0.25) is 11.8 Å². The van der Waals surface area contributed by atoms with Gasteiger partial charge in [-0.2, -0.15) is 0 Å². The van der Waals surface area contributed by atoms with Crippen molar-refractivity contribution in [2.75, 3.05) is 16.8 Å². The van der Waals surface area contributed by atoms with Gasteiger partial charge < -0.3 is 10.2 Å². The Bertz CT molecular complexity index is 706. The van der Waals surface area contributed by atoms with Crippen molar-refractivity contribution in [3.63, 3.8) is 0 Å². The smallest absolute Gasteiger partial charge is 0.244 e. The number of para-hydroxylation sites is 1. The zero-order chi connectivity index (χ0) is 17.0. The SMILES string of the molecule is CC(=O)N(CC(=O)Nc1c(C)cccc1C)c1ccc(Cl)cc1. The van der Waals surface area contributed by atoms with E-state index in [-0.39, 0.29) is 18.4 Å². The van der Waals surface area contributed by atoms with E-state index in [0.29, 0.717) is 10.7 Å². The first-order valence-corrected chi connectivity index (χ1v) is 7.66. The topological polar surface area (TPSA) is 49.4 Å². The van der Waals surface area contributed by atoms with E-state index in [1.54, 1.807) is 24.3 Å². The number of anilines is 2. The summed E-state index contributed by atoms with van der Waals surface area (Å²) in [6.07, 6.45) is 0. The minimum atomic E-state index is -0.243. The number of carbonyl (C=O) groups is 2. The van der Waals surface area contributed by atoms with Gasteiger partial charge in [0.1, 0.15) is 6.54 Å². The summed E-state index contributed by atoms with van der Waals surface area (Å²) < 4.78 is 0. The summed E-state index contributed by atoms with van der Waals surface area (Å²) in [7, 11) is 0. The fourth-order valence-electron chi connectivity index (χ4n) is 2.34. The van der Waals surface area contributed by atoms with Crippen LogP contribution in [0.2, 0.25) is 5.02 Å². The quantitative estimate of drug-likeness (QED) is 0.922. The van der Waals surface area contributed by atoms with Crippen molar-refractivity contribution < 1.29 is 9.59 Å². The van der Waals surface area contributed by atoms with Crippen molar-refractivity contribution in [2.45, 2.75) is 20.8 Å². The number of nitrogens with zero attached hydrogens (tertiary/aromatic N) is 1.